The molecule has 2 aliphatic rings. The second-order valence-electron chi connectivity index (χ2n) is 9.47. The van der Waals surface area contributed by atoms with Crippen LogP contribution in [0.25, 0.3) is 16.5 Å². The lowest BCUT2D eigenvalue weighted by molar-refractivity contribution is 0.0558. The number of anilines is 2. The van der Waals surface area contributed by atoms with Crippen molar-refractivity contribution >= 4 is 40.0 Å². The Labute approximate surface area is 215 Å². The predicted octanol–water partition coefficient (Wildman–Crippen LogP) is 4.58. The standard InChI is InChI=1S/C28H32N6O3/c1-3-4-5-14-37-28(36)34-12-10-33(11-13-34)27(35)20-6-8-21-18(2)15-24(30-25(21)17-20)19-7-9-23-22(16-19)26(29)32-31-23/h3,6-9,15-17,24,30H,1,4-5,10-14H2,2H3,(H3,29,31,32). The average molecular weight is 501 g/mol. The summed E-state index contributed by atoms with van der Waals surface area (Å²) in [5, 5.41) is 11.5. The molecule has 9 heteroatoms. The van der Waals surface area contributed by atoms with Gasteiger partial charge in [-0.2, -0.15) is 5.10 Å². The lowest BCUT2D eigenvalue weighted by Crippen LogP contribution is -2.50. The molecule has 1 aromatic heterocycles. The number of aromatic amines is 1. The van der Waals surface area contributed by atoms with Gasteiger partial charge in [0.25, 0.3) is 5.91 Å². The van der Waals surface area contributed by atoms with Crippen molar-refractivity contribution in [2.75, 3.05) is 43.8 Å². The van der Waals surface area contributed by atoms with E-state index < -0.39 is 0 Å². The highest BCUT2D eigenvalue weighted by atomic mass is 16.6. The number of H-pyrrole nitrogens is 1. The van der Waals surface area contributed by atoms with E-state index in [1.807, 2.05) is 42.5 Å². The monoisotopic (exact) mass is 500 g/mol. The van der Waals surface area contributed by atoms with Gasteiger partial charge in [0.05, 0.1) is 18.2 Å². The van der Waals surface area contributed by atoms with E-state index in [0.29, 0.717) is 44.2 Å². The largest absolute Gasteiger partial charge is 0.449 e. The van der Waals surface area contributed by atoms with Crippen molar-refractivity contribution in [1.82, 2.24) is 20.0 Å². The van der Waals surface area contributed by atoms with Crippen molar-refractivity contribution in [2.45, 2.75) is 25.8 Å². The molecule has 5 rings (SSSR count). The van der Waals surface area contributed by atoms with Crippen LogP contribution in [0.3, 0.4) is 0 Å². The van der Waals surface area contributed by atoms with Gasteiger partial charge >= 0.3 is 6.09 Å². The van der Waals surface area contributed by atoms with Gasteiger partial charge in [0, 0.05) is 48.4 Å². The highest BCUT2D eigenvalue weighted by Crippen LogP contribution is 2.36. The zero-order chi connectivity index (χ0) is 25.9. The van der Waals surface area contributed by atoms with Crippen LogP contribution >= 0.6 is 0 Å². The Morgan fingerprint density at radius 2 is 1.95 bits per heavy atom. The molecule has 192 valence electrons. The molecule has 3 aromatic rings. The fourth-order valence-electron chi connectivity index (χ4n) is 4.87. The summed E-state index contributed by atoms with van der Waals surface area (Å²) in [6, 6.07) is 11.8. The van der Waals surface area contributed by atoms with Crippen molar-refractivity contribution in [3.8, 4) is 0 Å². The maximum atomic E-state index is 13.3. The van der Waals surface area contributed by atoms with E-state index >= 15 is 0 Å². The molecule has 0 spiro atoms. The van der Waals surface area contributed by atoms with Gasteiger partial charge in [-0.1, -0.05) is 24.3 Å². The third kappa shape index (κ3) is 5.02. The molecule has 0 bridgehead atoms. The zero-order valence-corrected chi connectivity index (χ0v) is 21.0. The summed E-state index contributed by atoms with van der Waals surface area (Å²) in [6.07, 6.45) is 5.24. The number of nitrogens with zero attached hydrogens (tertiary/aromatic N) is 3. The topological polar surface area (TPSA) is 117 Å². The van der Waals surface area contributed by atoms with Crippen LogP contribution in [0.15, 0.2) is 55.1 Å². The third-order valence-corrected chi connectivity index (χ3v) is 7.00. The molecule has 0 aliphatic carbocycles. The van der Waals surface area contributed by atoms with Gasteiger partial charge in [-0.15, -0.1) is 6.58 Å². The van der Waals surface area contributed by atoms with E-state index in [1.165, 1.54) is 0 Å². The quantitative estimate of drug-likeness (QED) is 0.337. The Morgan fingerprint density at radius 3 is 2.73 bits per heavy atom. The maximum absolute atomic E-state index is 13.3. The predicted molar refractivity (Wildman–Crippen MR) is 145 cm³/mol. The minimum absolute atomic E-state index is 0.0417. The molecule has 2 aliphatic heterocycles. The van der Waals surface area contributed by atoms with E-state index in [2.05, 4.69) is 35.1 Å². The number of hydrogen-bond donors (Lipinski definition) is 3. The molecule has 37 heavy (non-hydrogen) atoms. The Balaban J connectivity index is 1.25. The number of unbranched alkanes of at least 4 members (excludes halogenated alkanes) is 1. The number of carbonyl (C=O) groups excluding carboxylic acids is 2. The molecule has 2 aromatic carbocycles. The van der Waals surface area contributed by atoms with Crippen LogP contribution < -0.4 is 11.1 Å². The molecule has 1 unspecified atom stereocenters. The van der Waals surface area contributed by atoms with Crippen LogP contribution in [0, 0.1) is 0 Å². The second kappa shape index (κ2) is 10.4. The fraction of sp³-hybridized carbons (Fsp3) is 0.321. The van der Waals surface area contributed by atoms with Crippen LogP contribution in [-0.4, -0.2) is 64.8 Å². The summed E-state index contributed by atoms with van der Waals surface area (Å²) in [7, 11) is 0. The number of nitrogen functional groups attached to an aromatic ring is 1. The first-order valence-corrected chi connectivity index (χ1v) is 12.6. The summed E-state index contributed by atoms with van der Waals surface area (Å²) in [6.45, 7) is 7.98. The number of carbonyl (C=O) groups is 2. The highest BCUT2D eigenvalue weighted by molar-refractivity contribution is 5.97. The molecule has 1 saturated heterocycles. The number of rotatable bonds is 6. The molecule has 4 N–H and O–H groups in total. The molecular formula is C28H32N6O3. The van der Waals surface area contributed by atoms with Crippen LogP contribution in [-0.2, 0) is 4.74 Å². The lowest BCUT2D eigenvalue weighted by atomic mass is 9.93. The number of allylic oxidation sites excluding steroid dienone is 2. The average Bonchev–Trinajstić information content (AvgIpc) is 3.30. The normalized spacial score (nSPS) is 17.1. The number of benzene rings is 2. The Hall–Kier alpha value is -4.27. The van der Waals surface area contributed by atoms with Gasteiger partial charge in [0.15, 0.2) is 5.82 Å². The Morgan fingerprint density at radius 1 is 1.16 bits per heavy atom. The van der Waals surface area contributed by atoms with E-state index in [0.717, 1.165) is 46.1 Å². The maximum Gasteiger partial charge on any atom is 0.409 e. The van der Waals surface area contributed by atoms with Gasteiger partial charge in [-0.3, -0.25) is 9.89 Å². The second-order valence-corrected chi connectivity index (χ2v) is 9.47. The third-order valence-electron chi connectivity index (χ3n) is 7.00. The Bertz CT molecular complexity index is 1370. The summed E-state index contributed by atoms with van der Waals surface area (Å²) >= 11 is 0. The van der Waals surface area contributed by atoms with Gasteiger partial charge in [0.2, 0.25) is 0 Å². The Kier molecular flexibility index (Phi) is 6.85. The molecule has 9 nitrogen and oxygen atoms in total. The van der Waals surface area contributed by atoms with E-state index in [9.17, 15) is 9.59 Å². The fourth-order valence-corrected chi connectivity index (χ4v) is 4.87. The molecule has 2 amide bonds. The van der Waals surface area contributed by atoms with Crippen LogP contribution in [0.2, 0.25) is 0 Å². The minimum atomic E-state index is -0.321. The number of amides is 2. The highest BCUT2D eigenvalue weighted by Gasteiger charge is 2.27. The van der Waals surface area contributed by atoms with Gasteiger partial charge in [-0.25, -0.2) is 4.79 Å². The molecular weight excluding hydrogens is 468 g/mol. The van der Waals surface area contributed by atoms with Gasteiger partial charge in [-0.05, 0) is 55.2 Å². The summed E-state index contributed by atoms with van der Waals surface area (Å²) in [5.41, 5.74) is 11.7. The van der Waals surface area contributed by atoms with E-state index in [4.69, 9.17) is 10.5 Å². The number of aromatic nitrogens is 2. The van der Waals surface area contributed by atoms with Crippen LogP contribution in [0.1, 0.15) is 47.3 Å². The molecule has 3 heterocycles. The van der Waals surface area contributed by atoms with Gasteiger partial charge < -0.3 is 25.6 Å². The van der Waals surface area contributed by atoms with Crippen molar-refractivity contribution in [3.05, 3.63) is 71.8 Å². The van der Waals surface area contributed by atoms with Crippen molar-refractivity contribution in [1.29, 1.82) is 0 Å². The van der Waals surface area contributed by atoms with E-state index in [-0.39, 0.29) is 18.0 Å². The number of nitrogens with one attached hydrogen (secondary N) is 2. The first-order chi connectivity index (χ1) is 17.9. The van der Waals surface area contributed by atoms with Crippen molar-refractivity contribution < 1.29 is 14.3 Å². The molecule has 0 saturated carbocycles. The van der Waals surface area contributed by atoms with Crippen LogP contribution in [0.5, 0.6) is 0 Å². The number of fused-ring (bicyclic) bond motifs is 2. The molecule has 0 radical (unpaired) electrons. The first-order valence-electron chi connectivity index (χ1n) is 12.6. The van der Waals surface area contributed by atoms with Gasteiger partial charge in [0.1, 0.15) is 0 Å². The van der Waals surface area contributed by atoms with E-state index in [1.54, 1.807) is 9.80 Å². The lowest BCUT2D eigenvalue weighted by Gasteiger charge is -2.34. The number of nitrogens with two attached hydrogens (primary N) is 1. The number of piperazine rings is 1. The summed E-state index contributed by atoms with van der Waals surface area (Å²) in [5.74, 6) is 0.433. The first kappa shape index (κ1) is 24.4. The SMILES string of the molecule is C=CCCCOC(=O)N1CCN(C(=O)c2ccc3c(c2)NC(c2ccc4[nH]nc(N)c4c2)C=C3C)CC1. The van der Waals surface area contributed by atoms with Crippen molar-refractivity contribution in [3.63, 3.8) is 0 Å². The zero-order valence-electron chi connectivity index (χ0n) is 21.0. The van der Waals surface area contributed by atoms with Crippen molar-refractivity contribution in [2.24, 2.45) is 0 Å². The number of hydrogen-bond acceptors (Lipinski definition) is 6. The summed E-state index contributed by atoms with van der Waals surface area (Å²) in [4.78, 5) is 29.0. The minimum Gasteiger partial charge on any atom is -0.449 e. The molecule has 1 atom stereocenters. The smallest absolute Gasteiger partial charge is 0.409 e. The summed E-state index contributed by atoms with van der Waals surface area (Å²) < 4.78 is 5.32. The van der Waals surface area contributed by atoms with Crippen LogP contribution in [0.4, 0.5) is 16.3 Å². The number of ether oxygens (including phenoxy) is 1. The molecule has 1 fully saturated rings.